The van der Waals surface area contributed by atoms with Crippen LogP contribution in [-0.2, 0) is 4.79 Å². The summed E-state index contributed by atoms with van der Waals surface area (Å²) in [7, 11) is 0. The van der Waals surface area contributed by atoms with Crippen molar-refractivity contribution in [3.63, 3.8) is 0 Å². The summed E-state index contributed by atoms with van der Waals surface area (Å²) in [6, 6.07) is 4.58. The van der Waals surface area contributed by atoms with Crippen LogP contribution in [0.5, 0.6) is 0 Å². The highest BCUT2D eigenvalue weighted by molar-refractivity contribution is 5.98. The van der Waals surface area contributed by atoms with E-state index in [1.54, 1.807) is 13.0 Å². The first-order valence-electron chi connectivity index (χ1n) is 8.87. The lowest BCUT2D eigenvalue weighted by Gasteiger charge is -2.31. The molecule has 1 N–H and O–H groups in total. The van der Waals surface area contributed by atoms with E-state index in [0.29, 0.717) is 50.5 Å². The number of halogens is 2. The Morgan fingerprint density at radius 2 is 2.00 bits per heavy atom. The van der Waals surface area contributed by atoms with Crippen LogP contribution in [0.3, 0.4) is 0 Å². The Hall–Kier alpha value is -2.61. The van der Waals surface area contributed by atoms with Gasteiger partial charge in [0.25, 0.3) is 0 Å². The molecule has 6 nitrogen and oxygen atoms in total. The topological polar surface area (TPSA) is 75.4 Å². The summed E-state index contributed by atoms with van der Waals surface area (Å²) in [5, 5.41) is 6.37. The molecule has 1 saturated heterocycles. The summed E-state index contributed by atoms with van der Waals surface area (Å²) in [6.45, 7) is 3.55. The lowest BCUT2D eigenvalue weighted by Crippen LogP contribution is -2.38. The normalized spacial score (nSPS) is 15.7. The average molecular weight is 377 g/mol. The van der Waals surface area contributed by atoms with E-state index < -0.39 is 11.6 Å². The number of amides is 1. The fraction of sp³-hybridized carbons (Fsp3) is 0.421. The van der Waals surface area contributed by atoms with Gasteiger partial charge in [-0.1, -0.05) is 5.16 Å². The zero-order valence-corrected chi connectivity index (χ0v) is 15.0. The van der Waals surface area contributed by atoms with E-state index in [1.165, 1.54) is 0 Å². The second kappa shape index (κ2) is 8.39. The Kier molecular flexibility index (Phi) is 5.95. The number of piperidine rings is 1. The molecule has 144 valence electrons. The molecule has 0 aliphatic carbocycles. The number of anilines is 1. The smallest absolute Gasteiger partial charge is 0.226 e. The number of carbonyl (C=O) groups is 2. The SMILES string of the molecule is Cc1cc(NC(=O)CCN2CCC(C(=O)c3cc(F)ccc3F)CC2)no1. The predicted molar refractivity (Wildman–Crippen MR) is 94.3 cm³/mol. The third-order valence-electron chi connectivity index (χ3n) is 4.70. The first-order valence-corrected chi connectivity index (χ1v) is 8.87. The third-order valence-corrected chi connectivity index (χ3v) is 4.70. The quantitative estimate of drug-likeness (QED) is 0.783. The standard InChI is InChI=1S/C19H21F2N3O3/c1-12-10-17(23-27-12)22-18(25)6-9-24-7-4-13(5-8-24)19(26)15-11-14(20)2-3-16(15)21/h2-3,10-11,13H,4-9H2,1H3,(H,22,23,25). The highest BCUT2D eigenvalue weighted by atomic mass is 19.1. The van der Waals surface area contributed by atoms with Crippen LogP contribution in [0.4, 0.5) is 14.6 Å². The Labute approximate surface area is 155 Å². The minimum absolute atomic E-state index is 0.164. The number of hydrogen-bond donors (Lipinski definition) is 1. The van der Waals surface area contributed by atoms with Crippen LogP contribution in [0.1, 0.15) is 35.4 Å². The number of hydrogen-bond acceptors (Lipinski definition) is 5. The van der Waals surface area contributed by atoms with Gasteiger partial charge in [-0.3, -0.25) is 9.59 Å². The van der Waals surface area contributed by atoms with E-state index in [9.17, 15) is 18.4 Å². The largest absolute Gasteiger partial charge is 0.360 e. The van der Waals surface area contributed by atoms with E-state index in [-0.39, 0.29) is 23.2 Å². The number of aryl methyl sites for hydroxylation is 1. The molecule has 0 saturated carbocycles. The summed E-state index contributed by atoms with van der Waals surface area (Å²) in [5.74, 6) is -1.15. The Morgan fingerprint density at radius 1 is 1.26 bits per heavy atom. The van der Waals surface area contributed by atoms with Crippen LogP contribution >= 0.6 is 0 Å². The molecule has 1 aromatic carbocycles. The summed E-state index contributed by atoms with van der Waals surface area (Å²) >= 11 is 0. The molecule has 0 unspecified atom stereocenters. The number of nitrogens with zero attached hydrogens (tertiary/aromatic N) is 2. The van der Waals surface area contributed by atoms with Crippen molar-refractivity contribution in [2.75, 3.05) is 25.0 Å². The molecule has 8 heteroatoms. The summed E-state index contributed by atoms with van der Waals surface area (Å²) in [6.07, 6.45) is 1.40. The van der Waals surface area contributed by atoms with Gasteiger partial charge >= 0.3 is 0 Å². The number of Topliss-reactive ketones (excluding diaryl/α,β-unsaturated/α-hetero) is 1. The number of benzene rings is 1. The van der Waals surface area contributed by atoms with Crippen molar-refractivity contribution in [3.05, 3.63) is 47.2 Å². The molecule has 3 rings (SSSR count). The minimum atomic E-state index is -0.691. The van der Waals surface area contributed by atoms with Crippen LogP contribution < -0.4 is 5.32 Å². The van der Waals surface area contributed by atoms with E-state index in [4.69, 9.17) is 4.52 Å². The molecule has 1 amide bonds. The van der Waals surface area contributed by atoms with Crippen molar-refractivity contribution in [1.29, 1.82) is 0 Å². The first-order chi connectivity index (χ1) is 12.9. The van der Waals surface area contributed by atoms with Crippen LogP contribution in [0.15, 0.2) is 28.8 Å². The lowest BCUT2D eigenvalue weighted by atomic mass is 9.88. The van der Waals surface area contributed by atoms with Crippen molar-refractivity contribution >= 4 is 17.5 Å². The molecule has 1 aromatic heterocycles. The highest BCUT2D eigenvalue weighted by Crippen LogP contribution is 2.24. The molecule has 0 radical (unpaired) electrons. The van der Waals surface area contributed by atoms with Gasteiger partial charge in [0.1, 0.15) is 17.4 Å². The van der Waals surface area contributed by atoms with E-state index >= 15 is 0 Å². The molecular formula is C19H21F2N3O3. The number of nitrogens with one attached hydrogen (secondary N) is 1. The van der Waals surface area contributed by atoms with E-state index in [0.717, 1.165) is 18.2 Å². The van der Waals surface area contributed by atoms with Crippen LogP contribution in [0.25, 0.3) is 0 Å². The van der Waals surface area contributed by atoms with Gasteiger partial charge < -0.3 is 14.7 Å². The Morgan fingerprint density at radius 3 is 2.67 bits per heavy atom. The summed E-state index contributed by atoms with van der Waals surface area (Å²) in [4.78, 5) is 26.5. The third kappa shape index (κ3) is 4.97. The fourth-order valence-corrected chi connectivity index (χ4v) is 3.22. The van der Waals surface area contributed by atoms with Crippen molar-refractivity contribution in [1.82, 2.24) is 10.1 Å². The lowest BCUT2D eigenvalue weighted by molar-refractivity contribution is -0.116. The number of carbonyl (C=O) groups excluding carboxylic acids is 2. The zero-order valence-electron chi connectivity index (χ0n) is 15.0. The van der Waals surface area contributed by atoms with Gasteiger partial charge in [0.2, 0.25) is 5.91 Å². The summed E-state index contributed by atoms with van der Waals surface area (Å²) < 4.78 is 32.0. The maximum Gasteiger partial charge on any atom is 0.226 e. The predicted octanol–water partition coefficient (Wildman–Crippen LogP) is 3.18. The van der Waals surface area contributed by atoms with Gasteiger partial charge in [-0.05, 0) is 51.1 Å². The van der Waals surface area contributed by atoms with Crippen molar-refractivity contribution in [3.8, 4) is 0 Å². The molecular weight excluding hydrogens is 356 g/mol. The van der Waals surface area contributed by atoms with Crippen molar-refractivity contribution in [2.24, 2.45) is 5.92 Å². The van der Waals surface area contributed by atoms with Crippen molar-refractivity contribution in [2.45, 2.75) is 26.2 Å². The monoisotopic (exact) mass is 377 g/mol. The average Bonchev–Trinajstić information content (AvgIpc) is 3.06. The van der Waals surface area contributed by atoms with E-state index in [2.05, 4.69) is 15.4 Å². The molecule has 1 aliphatic heterocycles. The molecule has 0 bridgehead atoms. The van der Waals surface area contributed by atoms with Gasteiger partial charge in [-0.2, -0.15) is 0 Å². The van der Waals surface area contributed by atoms with Gasteiger partial charge in [0.15, 0.2) is 11.6 Å². The zero-order chi connectivity index (χ0) is 19.4. The maximum atomic E-state index is 13.8. The first kappa shape index (κ1) is 19.2. The van der Waals surface area contributed by atoms with Crippen LogP contribution in [-0.4, -0.2) is 41.4 Å². The number of aromatic nitrogens is 1. The van der Waals surface area contributed by atoms with Gasteiger partial charge in [-0.15, -0.1) is 0 Å². The second-order valence-corrected chi connectivity index (χ2v) is 6.73. The van der Waals surface area contributed by atoms with Gasteiger partial charge in [-0.25, -0.2) is 8.78 Å². The fourth-order valence-electron chi connectivity index (χ4n) is 3.22. The Balaban J connectivity index is 1.45. The molecule has 2 heterocycles. The number of rotatable bonds is 6. The number of likely N-dealkylation sites (tertiary alicyclic amines) is 1. The van der Waals surface area contributed by atoms with Gasteiger partial charge in [0.05, 0.1) is 5.56 Å². The maximum absolute atomic E-state index is 13.8. The highest BCUT2D eigenvalue weighted by Gasteiger charge is 2.27. The van der Waals surface area contributed by atoms with Gasteiger partial charge in [0, 0.05) is 24.9 Å². The van der Waals surface area contributed by atoms with Crippen molar-refractivity contribution < 1.29 is 22.9 Å². The van der Waals surface area contributed by atoms with Crippen LogP contribution in [0, 0.1) is 24.5 Å². The Bertz CT molecular complexity index is 829. The number of ketones is 1. The second-order valence-electron chi connectivity index (χ2n) is 6.73. The minimum Gasteiger partial charge on any atom is -0.360 e. The molecule has 0 spiro atoms. The summed E-state index contributed by atoms with van der Waals surface area (Å²) in [5.41, 5.74) is -0.185. The molecule has 1 aliphatic rings. The van der Waals surface area contributed by atoms with E-state index in [1.807, 2.05) is 0 Å². The van der Waals surface area contributed by atoms with Crippen LogP contribution in [0.2, 0.25) is 0 Å². The molecule has 0 atom stereocenters. The molecule has 2 aromatic rings. The molecule has 1 fully saturated rings. The molecule has 27 heavy (non-hydrogen) atoms.